The van der Waals surface area contributed by atoms with Crippen LogP contribution in [0.25, 0.3) is 22.5 Å². The fraction of sp³-hybridized carbons (Fsp3) is 0.0476. The Kier molecular flexibility index (Phi) is 5.44. The van der Waals surface area contributed by atoms with Gasteiger partial charge in [-0.2, -0.15) is 0 Å². The van der Waals surface area contributed by atoms with Crippen molar-refractivity contribution in [3.05, 3.63) is 83.8 Å². The van der Waals surface area contributed by atoms with Crippen LogP contribution in [0.3, 0.4) is 0 Å². The van der Waals surface area contributed by atoms with Gasteiger partial charge in [-0.25, -0.2) is 27.5 Å². The second kappa shape index (κ2) is 8.34. The van der Waals surface area contributed by atoms with Crippen LogP contribution in [-0.2, 0) is 11.2 Å². The zero-order valence-electron chi connectivity index (χ0n) is 15.6. The van der Waals surface area contributed by atoms with Crippen LogP contribution in [0.1, 0.15) is 5.56 Å². The van der Waals surface area contributed by atoms with E-state index in [1.54, 1.807) is 0 Å². The molecule has 1 amide bonds. The first kappa shape index (κ1) is 20.2. The van der Waals surface area contributed by atoms with Crippen LogP contribution in [0.2, 0.25) is 0 Å². The molecule has 0 aliphatic carbocycles. The van der Waals surface area contributed by atoms with Gasteiger partial charge in [0.05, 0.1) is 17.7 Å². The van der Waals surface area contributed by atoms with E-state index in [4.69, 9.17) is 4.52 Å². The predicted molar refractivity (Wildman–Crippen MR) is 102 cm³/mol. The Balaban J connectivity index is 1.73. The van der Waals surface area contributed by atoms with E-state index < -0.39 is 41.2 Å². The monoisotopic (exact) mass is 428 g/mol. The maximum atomic E-state index is 14.4. The van der Waals surface area contributed by atoms with Gasteiger partial charge in [0.25, 0.3) is 0 Å². The Morgan fingerprint density at radius 1 is 1.00 bits per heavy atom. The zero-order valence-corrected chi connectivity index (χ0v) is 15.6. The molecule has 0 fully saturated rings. The maximum absolute atomic E-state index is 14.4. The van der Waals surface area contributed by atoms with E-state index in [1.165, 1.54) is 24.7 Å². The van der Waals surface area contributed by atoms with Crippen molar-refractivity contribution in [2.75, 3.05) is 5.32 Å². The van der Waals surface area contributed by atoms with Crippen LogP contribution in [0.15, 0.2) is 59.5 Å². The third kappa shape index (κ3) is 4.13. The highest BCUT2D eigenvalue weighted by atomic mass is 19.1. The van der Waals surface area contributed by atoms with Crippen molar-refractivity contribution < 1.29 is 26.9 Å². The molecular weight excluding hydrogens is 416 g/mol. The second-order valence-corrected chi connectivity index (χ2v) is 6.38. The highest BCUT2D eigenvalue weighted by molar-refractivity contribution is 5.97. The van der Waals surface area contributed by atoms with Crippen molar-refractivity contribution in [1.82, 2.24) is 15.1 Å². The summed E-state index contributed by atoms with van der Waals surface area (Å²) in [4.78, 5) is 20.3. The van der Waals surface area contributed by atoms with Crippen molar-refractivity contribution in [3.8, 4) is 22.5 Å². The predicted octanol–water partition coefficient (Wildman–Crippen LogP) is 4.54. The number of hydrogen-bond acceptors (Lipinski definition) is 5. The summed E-state index contributed by atoms with van der Waals surface area (Å²) >= 11 is 0. The Bertz CT molecular complexity index is 1240. The summed E-state index contributed by atoms with van der Waals surface area (Å²) in [6, 6.07) is 7.57. The van der Waals surface area contributed by atoms with Gasteiger partial charge in [-0.1, -0.05) is 11.2 Å². The molecule has 4 aromatic rings. The molecule has 0 saturated carbocycles. The number of aromatic nitrogens is 3. The van der Waals surface area contributed by atoms with Crippen molar-refractivity contribution in [3.63, 3.8) is 0 Å². The smallest absolute Gasteiger partial charge is 0.241 e. The quantitative estimate of drug-likeness (QED) is 0.472. The summed E-state index contributed by atoms with van der Waals surface area (Å²) < 4.78 is 60.5. The molecule has 0 aliphatic heterocycles. The van der Waals surface area contributed by atoms with Crippen molar-refractivity contribution in [2.45, 2.75) is 6.42 Å². The second-order valence-electron chi connectivity index (χ2n) is 6.38. The summed E-state index contributed by atoms with van der Waals surface area (Å²) in [5.74, 6) is -4.47. The van der Waals surface area contributed by atoms with Crippen LogP contribution in [0, 0.1) is 23.3 Å². The summed E-state index contributed by atoms with van der Waals surface area (Å²) in [7, 11) is 0. The highest BCUT2D eigenvalue weighted by Gasteiger charge is 2.25. The van der Waals surface area contributed by atoms with Crippen LogP contribution in [0.5, 0.6) is 0 Å². The van der Waals surface area contributed by atoms with E-state index >= 15 is 0 Å². The molecule has 31 heavy (non-hydrogen) atoms. The molecule has 2 aromatic carbocycles. The van der Waals surface area contributed by atoms with Crippen molar-refractivity contribution in [1.29, 1.82) is 0 Å². The van der Waals surface area contributed by atoms with Gasteiger partial charge in [0.1, 0.15) is 35.3 Å². The molecule has 10 heteroatoms. The van der Waals surface area contributed by atoms with Gasteiger partial charge in [-0.15, -0.1) is 0 Å². The number of benzene rings is 2. The van der Waals surface area contributed by atoms with E-state index in [-0.39, 0.29) is 28.4 Å². The van der Waals surface area contributed by atoms with Crippen LogP contribution < -0.4 is 5.32 Å². The third-order valence-corrected chi connectivity index (χ3v) is 4.37. The first-order chi connectivity index (χ1) is 14.9. The number of anilines is 1. The fourth-order valence-corrected chi connectivity index (χ4v) is 2.95. The first-order valence-electron chi connectivity index (χ1n) is 8.88. The number of rotatable bonds is 5. The largest absolute Gasteiger partial charge is 0.337 e. The average molecular weight is 428 g/mol. The molecule has 0 atom stereocenters. The number of halogens is 4. The molecular formula is C21H12F4N4O2. The number of carbonyl (C=O) groups excluding carboxylic acids is 1. The molecule has 2 heterocycles. The minimum absolute atomic E-state index is 0.0522. The summed E-state index contributed by atoms with van der Waals surface area (Å²) in [5.41, 5.74) is -0.256. The number of nitrogens with zero attached hydrogens (tertiary/aromatic N) is 3. The van der Waals surface area contributed by atoms with Gasteiger partial charge in [-0.05, 0) is 30.3 Å². The molecule has 2 aromatic heterocycles. The van der Waals surface area contributed by atoms with E-state index in [0.29, 0.717) is 6.07 Å². The molecule has 0 bridgehead atoms. The zero-order chi connectivity index (χ0) is 22.0. The molecule has 4 rings (SSSR count). The molecule has 0 spiro atoms. The van der Waals surface area contributed by atoms with Crippen molar-refractivity contribution >= 4 is 11.8 Å². The topological polar surface area (TPSA) is 80.9 Å². The number of nitrogens with one attached hydrogen (secondary N) is 1. The lowest BCUT2D eigenvalue weighted by atomic mass is 10.0. The fourth-order valence-electron chi connectivity index (χ4n) is 2.95. The molecule has 156 valence electrons. The Hall–Kier alpha value is -4.08. The number of carbonyl (C=O) groups is 1. The SMILES string of the molecule is O=C(Cc1c(F)cccc1F)Nc1onc(-c2ccc(F)cc2F)c1-c1ccncn1. The van der Waals surface area contributed by atoms with Gasteiger partial charge in [-0.3, -0.25) is 10.1 Å². The van der Waals surface area contributed by atoms with Gasteiger partial charge >= 0.3 is 0 Å². The Morgan fingerprint density at radius 3 is 2.45 bits per heavy atom. The van der Waals surface area contributed by atoms with E-state index in [2.05, 4.69) is 20.4 Å². The lowest BCUT2D eigenvalue weighted by Gasteiger charge is -2.07. The van der Waals surface area contributed by atoms with Crippen molar-refractivity contribution in [2.24, 2.45) is 0 Å². The van der Waals surface area contributed by atoms with E-state index in [0.717, 1.165) is 24.3 Å². The molecule has 6 nitrogen and oxygen atoms in total. The Labute approximate surface area is 172 Å². The molecule has 0 unspecified atom stereocenters. The minimum atomic E-state index is -0.907. The summed E-state index contributed by atoms with van der Waals surface area (Å²) in [5, 5.41) is 6.16. The van der Waals surface area contributed by atoms with Crippen LogP contribution >= 0.6 is 0 Å². The Morgan fingerprint density at radius 2 is 1.77 bits per heavy atom. The lowest BCUT2D eigenvalue weighted by molar-refractivity contribution is -0.115. The van der Waals surface area contributed by atoms with E-state index in [1.807, 2.05) is 0 Å². The highest BCUT2D eigenvalue weighted by Crippen LogP contribution is 2.37. The summed E-state index contributed by atoms with van der Waals surface area (Å²) in [6.07, 6.45) is 2.00. The van der Waals surface area contributed by atoms with Gasteiger partial charge < -0.3 is 4.52 Å². The number of amides is 1. The molecule has 0 aliphatic rings. The normalized spacial score (nSPS) is 10.8. The van der Waals surface area contributed by atoms with Gasteiger partial charge in [0.15, 0.2) is 0 Å². The van der Waals surface area contributed by atoms with E-state index in [9.17, 15) is 22.4 Å². The standard InChI is InChI=1S/C21H12F4N4O2/c22-11-4-5-12(16(25)8-11)20-19(17-6-7-26-10-27-17)21(31-29-20)28-18(30)9-13-14(23)2-1-3-15(13)24/h1-8,10H,9H2,(H,28,30). The van der Waals surface area contributed by atoms with Crippen LogP contribution in [-0.4, -0.2) is 21.0 Å². The van der Waals surface area contributed by atoms with Gasteiger partial charge in [0.2, 0.25) is 11.8 Å². The lowest BCUT2D eigenvalue weighted by Crippen LogP contribution is -2.16. The van der Waals surface area contributed by atoms with Crippen LogP contribution in [0.4, 0.5) is 23.4 Å². The first-order valence-corrected chi connectivity index (χ1v) is 8.88. The molecule has 0 radical (unpaired) electrons. The van der Waals surface area contributed by atoms with Gasteiger partial charge in [0, 0.05) is 23.4 Å². The molecule has 0 saturated heterocycles. The number of hydrogen-bond donors (Lipinski definition) is 1. The average Bonchev–Trinajstić information content (AvgIpc) is 3.14. The minimum Gasteiger partial charge on any atom is -0.337 e. The third-order valence-electron chi connectivity index (χ3n) is 4.37. The molecule has 1 N–H and O–H groups in total. The summed E-state index contributed by atoms with van der Waals surface area (Å²) in [6.45, 7) is 0. The maximum Gasteiger partial charge on any atom is 0.241 e.